The lowest BCUT2D eigenvalue weighted by atomic mass is 9.88. The second-order valence-electron chi connectivity index (χ2n) is 6.77. The first-order valence-corrected chi connectivity index (χ1v) is 8.99. The summed E-state index contributed by atoms with van der Waals surface area (Å²) in [5.74, 6) is 0. The third-order valence-electron chi connectivity index (χ3n) is 5.18. The molecule has 3 aromatic carbocycles. The molecule has 0 fully saturated rings. The van der Waals surface area contributed by atoms with Crippen molar-refractivity contribution in [3.05, 3.63) is 79.6 Å². The lowest BCUT2D eigenvalue weighted by Crippen LogP contribution is -2.35. The number of anilines is 2. The Balaban J connectivity index is 1.68. The third kappa shape index (κ3) is 2.80. The lowest BCUT2D eigenvalue weighted by molar-refractivity contribution is 0.686. The molecule has 0 unspecified atom stereocenters. The van der Waals surface area contributed by atoms with Crippen LogP contribution in [-0.2, 0) is 19.3 Å². The van der Waals surface area contributed by atoms with Gasteiger partial charge in [-0.3, -0.25) is 9.59 Å². The summed E-state index contributed by atoms with van der Waals surface area (Å²) in [6.07, 6.45) is 5.56. The zero-order valence-electron chi connectivity index (χ0n) is 14.4. The van der Waals surface area contributed by atoms with Gasteiger partial charge in [0.05, 0.1) is 5.56 Å². The van der Waals surface area contributed by atoms with Gasteiger partial charge in [0.15, 0.2) is 0 Å². The van der Waals surface area contributed by atoms with E-state index in [4.69, 9.17) is 0 Å². The highest BCUT2D eigenvalue weighted by atomic mass is 16.2. The number of aryl methyl sites for hydroxylation is 3. The Morgan fingerprint density at radius 1 is 0.880 bits per heavy atom. The van der Waals surface area contributed by atoms with E-state index in [0.717, 1.165) is 30.5 Å². The molecule has 1 aliphatic rings. The molecule has 0 saturated carbocycles. The molecule has 0 bridgehead atoms. The Morgan fingerprint density at radius 3 is 2.32 bits per heavy atom. The Labute approximate surface area is 147 Å². The van der Waals surface area contributed by atoms with Gasteiger partial charge in [0.1, 0.15) is 5.69 Å². The fraction of sp³-hybridized carbons (Fsp3) is 0.273. The van der Waals surface area contributed by atoms with Crippen molar-refractivity contribution in [3.63, 3.8) is 0 Å². The van der Waals surface area contributed by atoms with E-state index in [9.17, 15) is 9.59 Å². The maximum Gasteiger partial charge on any atom is 0.250 e. The second-order valence-corrected chi connectivity index (χ2v) is 6.77. The van der Waals surface area contributed by atoms with Crippen molar-refractivity contribution in [1.82, 2.24) is 0 Å². The highest BCUT2D eigenvalue weighted by Gasteiger charge is 2.23. The van der Waals surface area contributed by atoms with E-state index in [1.165, 1.54) is 29.5 Å². The SMILES string of the molecule is CCc1ccc(Nc2c(-c3ccc4c(c3)CCCC4)c(=O)c2=O)cc1. The number of fused-ring (bicyclic) bond motifs is 1. The maximum absolute atomic E-state index is 12.2. The van der Waals surface area contributed by atoms with Gasteiger partial charge in [0.25, 0.3) is 5.43 Å². The molecule has 0 saturated heterocycles. The standard InChI is InChI=1S/C22H21NO2/c1-2-14-7-11-18(12-8-14)23-20-19(21(24)22(20)25)17-10-9-15-5-3-4-6-16(15)13-17/h7-13,23H,2-6H2,1H3. The average molecular weight is 331 g/mol. The predicted octanol–water partition coefficient (Wildman–Crippen LogP) is 4.13. The maximum atomic E-state index is 12.2. The molecule has 1 N–H and O–H groups in total. The van der Waals surface area contributed by atoms with Crippen LogP contribution in [0, 0.1) is 0 Å². The molecule has 4 rings (SSSR count). The molecular formula is C22H21NO2. The summed E-state index contributed by atoms with van der Waals surface area (Å²) in [6, 6.07) is 14.2. The van der Waals surface area contributed by atoms with E-state index in [2.05, 4.69) is 24.4 Å². The van der Waals surface area contributed by atoms with Crippen molar-refractivity contribution in [2.45, 2.75) is 39.0 Å². The van der Waals surface area contributed by atoms with Crippen LogP contribution in [0.15, 0.2) is 52.1 Å². The molecule has 3 nitrogen and oxygen atoms in total. The normalized spacial score (nSPS) is 13.6. The Kier molecular flexibility index (Phi) is 4.00. The van der Waals surface area contributed by atoms with Crippen LogP contribution in [-0.4, -0.2) is 0 Å². The summed E-state index contributed by atoms with van der Waals surface area (Å²) in [5, 5.41) is 3.15. The van der Waals surface area contributed by atoms with Crippen molar-refractivity contribution in [2.24, 2.45) is 0 Å². The average Bonchev–Trinajstić information content (AvgIpc) is 2.67. The van der Waals surface area contributed by atoms with Crippen molar-refractivity contribution < 1.29 is 0 Å². The quantitative estimate of drug-likeness (QED) is 0.731. The van der Waals surface area contributed by atoms with Gasteiger partial charge in [-0.25, -0.2) is 0 Å². The Bertz CT molecular complexity index is 992. The minimum atomic E-state index is -0.424. The molecule has 0 atom stereocenters. The van der Waals surface area contributed by atoms with E-state index in [-0.39, 0.29) is 5.43 Å². The largest absolute Gasteiger partial charge is 0.352 e. The van der Waals surface area contributed by atoms with Gasteiger partial charge < -0.3 is 5.32 Å². The molecule has 126 valence electrons. The monoisotopic (exact) mass is 331 g/mol. The molecule has 0 spiro atoms. The van der Waals surface area contributed by atoms with Crippen LogP contribution in [0.4, 0.5) is 11.4 Å². The van der Waals surface area contributed by atoms with Crippen LogP contribution >= 0.6 is 0 Å². The number of hydrogen-bond acceptors (Lipinski definition) is 3. The Morgan fingerprint density at radius 2 is 1.60 bits per heavy atom. The van der Waals surface area contributed by atoms with Gasteiger partial charge in [-0.05, 0) is 66.5 Å². The van der Waals surface area contributed by atoms with Crippen LogP contribution in [0.3, 0.4) is 0 Å². The highest BCUT2D eigenvalue weighted by molar-refractivity contribution is 5.85. The lowest BCUT2D eigenvalue weighted by Gasteiger charge is -2.18. The van der Waals surface area contributed by atoms with Crippen LogP contribution in [0.1, 0.15) is 36.5 Å². The molecule has 3 heteroatoms. The number of nitrogens with one attached hydrogen (secondary N) is 1. The molecule has 0 radical (unpaired) electrons. The van der Waals surface area contributed by atoms with Crippen molar-refractivity contribution >= 4 is 11.4 Å². The van der Waals surface area contributed by atoms with Crippen LogP contribution in [0.25, 0.3) is 11.1 Å². The van der Waals surface area contributed by atoms with E-state index < -0.39 is 5.43 Å². The number of rotatable bonds is 4. The molecule has 25 heavy (non-hydrogen) atoms. The minimum Gasteiger partial charge on any atom is -0.352 e. The first-order valence-electron chi connectivity index (χ1n) is 8.99. The molecular weight excluding hydrogens is 310 g/mol. The molecule has 1 aliphatic carbocycles. The van der Waals surface area contributed by atoms with Gasteiger partial charge in [-0.2, -0.15) is 0 Å². The Hall–Kier alpha value is -2.68. The minimum absolute atomic E-state index is 0.386. The number of hydrogen-bond donors (Lipinski definition) is 1. The van der Waals surface area contributed by atoms with Crippen LogP contribution < -0.4 is 16.2 Å². The molecule has 0 heterocycles. The summed E-state index contributed by atoms with van der Waals surface area (Å²) >= 11 is 0. The first-order chi connectivity index (χ1) is 12.2. The summed E-state index contributed by atoms with van der Waals surface area (Å²) in [5.41, 5.74) is 5.76. The summed E-state index contributed by atoms with van der Waals surface area (Å²) in [6.45, 7) is 2.10. The first kappa shape index (κ1) is 15.8. The van der Waals surface area contributed by atoms with E-state index in [1.54, 1.807) is 0 Å². The van der Waals surface area contributed by atoms with E-state index in [0.29, 0.717) is 11.3 Å². The highest BCUT2D eigenvalue weighted by Crippen LogP contribution is 2.30. The van der Waals surface area contributed by atoms with Crippen molar-refractivity contribution in [3.8, 4) is 11.1 Å². The molecule has 0 aromatic heterocycles. The predicted molar refractivity (Wildman–Crippen MR) is 103 cm³/mol. The number of benzene rings is 2. The zero-order chi connectivity index (χ0) is 17.4. The smallest absolute Gasteiger partial charge is 0.250 e. The topological polar surface area (TPSA) is 46.2 Å². The van der Waals surface area contributed by atoms with Gasteiger partial charge >= 0.3 is 0 Å². The second kappa shape index (κ2) is 6.32. The van der Waals surface area contributed by atoms with Gasteiger partial charge in [-0.1, -0.05) is 37.3 Å². The van der Waals surface area contributed by atoms with Crippen molar-refractivity contribution in [2.75, 3.05) is 5.32 Å². The fourth-order valence-electron chi connectivity index (χ4n) is 3.64. The van der Waals surface area contributed by atoms with E-state index >= 15 is 0 Å². The summed E-state index contributed by atoms with van der Waals surface area (Å²) in [7, 11) is 0. The molecule has 0 amide bonds. The van der Waals surface area contributed by atoms with Gasteiger partial charge in [-0.15, -0.1) is 0 Å². The third-order valence-corrected chi connectivity index (χ3v) is 5.18. The fourth-order valence-corrected chi connectivity index (χ4v) is 3.64. The van der Waals surface area contributed by atoms with Gasteiger partial charge in [0.2, 0.25) is 5.43 Å². The van der Waals surface area contributed by atoms with Gasteiger partial charge in [0, 0.05) is 5.69 Å². The van der Waals surface area contributed by atoms with Crippen LogP contribution in [0.2, 0.25) is 0 Å². The van der Waals surface area contributed by atoms with Crippen LogP contribution in [0.5, 0.6) is 0 Å². The summed E-state index contributed by atoms with van der Waals surface area (Å²) < 4.78 is 0. The summed E-state index contributed by atoms with van der Waals surface area (Å²) in [4.78, 5) is 24.3. The zero-order valence-corrected chi connectivity index (χ0v) is 14.4. The molecule has 3 aromatic rings. The molecule has 0 aliphatic heterocycles. The van der Waals surface area contributed by atoms with Crippen molar-refractivity contribution in [1.29, 1.82) is 0 Å². The van der Waals surface area contributed by atoms with E-state index in [1.807, 2.05) is 30.3 Å².